The number of aromatic nitrogens is 2. The molecular formula is C16H16ClN5O4S2. The van der Waals surface area contributed by atoms with Crippen LogP contribution in [0.5, 0.6) is 0 Å². The van der Waals surface area contributed by atoms with Crippen LogP contribution in [-0.4, -0.2) is 24.4 Å². The quantitative estimate of drug-likeness (QED) is 0.502. The van der Waals surface area contributed by atoms with E-state index in [2.05, 4.69) is 20.6 Å². The summed E-state index contributed by atoms with van der Waals surface area (Å²) in [6.45, 7) is 2.01. The zero-order valence-electron chi connectivity index (χ0n) is 14.6. The Balaban J connectivity index is 1.75. The van der Waals surface area contributed by atoms with E-state index in [0.717, 1.165) is 4.88 Å². The maximum absolute atomic E-state index is 12.0. The smallest absolute Gasteiger partial charge is 0.321 e. The molecule has 3 aromatic rings. The first-order valence-electron chi connectivity index (χ1n) is 7.91. The molecule has 0 saturated heterocycles. The van der Waals surface area contributed by atoms with Crippen LogP contribution in [0.1, 0.15) is 17.0 Å². The van der Waals surface area contributed by atoms with Crippen LogP contribution in [0.2, 0.25) is 5.15 Å². The number of nitrogens with zero attached hydrogens (tertiary/aromatic N) is 2. The number of thiazole rings is 1. The zero-order valence-corrected chi connectivity index (χ0v) is 17.0. The molecule has 3 aromatic heterocycles. The number of anilines is 1. The molecule has 12 heteroatoms. The number of primary sulfonamides is 1. The number of furan rings is 1. The molecule has 148 valence electrons. The van der Waals surface area contributed by atoms with Crippen LogP contribution in [0.25, 0.3) is 10.4 Å². The van der Waals surface area contributed by atoms with E-state index in [-0.39, 0.29) is 11.7 Å². The van der Waals surface area contributed by atoms with E-state index in [9.17, 15) is 13.2 Å². The number of sulfonamides is 1. The van der Waals surface area contributed by atoms with Gasteiger partial charge < -0.3 is 9.73 Å². The molecule has 0 bridgehead atoms. The Morgan fingerprint density at radius 1 is 1.43 bits per heavy atom. The van der Waals surface area contributed by atoms with Crippen molar-refractivity contribution in [3.63, 3.8) is 0 Å². The first kappa shape index (κ1) is 20.3. The summed E-state index contributed by atoms with van der Waals surface area (Å²) < 4.78 is 27.9. The van der Waals surface area contributed by atoms with E-state index in [1.165, 1.54) is 23.8 Å². The number of nitrogens with two attached hydrogens (primary N) is 1. The monoisotopic (exact) mass is 441 g/mol. The Morgan fingerprint density at radius 3 is 2.89 bits per heavy atom. The van der Waals surface area contributed by atoms with Gasteiger partial charge >= 0.3 is 6.03 Å². The van der Waals surface area contributed by atoms with E-state index in [1.54, 1.807) is 25.1 Å². The summed E-state index contributed by atoms with van der Waals surface area (Å²) in [4.78, 5) is 21.1. The SMILES string of the molecule is Cc1nc(NC(=O)NCc2ccco2)sc1-c1cnc(Cl)c(CS(N)(=O)=O)c1. The average Bonchev–Trinajstić information content (AvgIpc) is 3.23. The highest BCUT2D eigenvalue weighted by atomic mass is 35.5. The number of urea groups is 1. The first-order valence-corrected chi connectivity index (χ1v) is 10.8. The lowest BCUT2D eigenvalue weighted by Crippen LogP contribution is -2.27. The summed E-state index contributed by atoms with van der Waals surface area (Å²) in [5, 5.41) is 10.8. The van der Waals surface area contributed by atoms with Crippen LogP contribution >= 0.6 is 22.9 Å². The predicted molar refractivity (Wildman–Crippen MR) is 106 cm³/mol. The highest BCUT2D eigenvalue weighted by molar-refractivity contribution is 7.88. The van der Waals surface area contributed by atoms with Gasteiger partial charge in [-0.2, -0.15) is 0 Å². The van der Waals surface area contributed by atoms with Crippen molar-refractivity contribution in [2.75, 3.05) is 5.32 Å². The van der Waals surface area contributed by atoms with Crippen LogP contribution < -0.4 is 15.8 Å². The van der Waals surface area contributed by atoms with Crippen LogP contribution in [-0.2, 0) is 22.3 Å². The van der Waals surface area contributed by atoms with Gasteiger partial charge in [0.05, 0.1) is 29.1 Å². The molecular weight excluding hydrogens is 426 g/mol. The lowest BCUT2D eigenvalue weighted by molar-refractivity contribution is 0.251. The number of hydrogen-bond acceptors (Lipinski definition) is 7. The molecule has 0 aromatic carbocycles. The lowest BCUT2D eigenvalue weighted by atomic mass is 10.2. The number of nitrogens with one attached hydrogen (secondary N) is 2. The lowest BCUT2D eigenvalue weighted by Gasteiger charge is -2.05. The second-order valence-corrected chi connectivity index (χ2v) is 8.77. The van der Waals surface area contributed by atoms with Crippen molar-refractivity contribution < 1.29 is 17.6 Å². The van der Waals surface area contributed by atoms with Gasteiger partial charge in [0.15, 0.2) is 5.13 Å². The number of aryl methyl sites for hydroxylation is 1. The third-order valence-electron chi connectivity index (χ3n) is 3.55. The zero-order chi connectivity index (χ0) is 20.3. The summed E-state index contributed by atoms with van der Waals surface area (Å²) in [5.41, 5.74) is 1.57. The summed E-state index contributed by atoms with van der Waals surface area (Å²) >= 11 is 7.19. The summed E-state index contributed by atoms with van der Waals surface area (Å²) in [7, 11) is -3.75. The van der Waals surface area contributed by atoms with E-state index >= 15 is 0 Å². The van der Waals surface area contributed by atoms with Crippen molar-refractivity contribution in [3.05, 3.63) is 52.8 Å². The van der Waals surface area contributed by atoms with Gasteiger partial charge in [-0.15, -0.1) is 0 Å². The third-order valence-corrected chi connectivity index (χ3v) is 5.73. The molecule has 0 fully saturated rings. The third kappa shape index (κ3) is 5.29. The number of carbonyl (C=O) groups excluding carboxylic acids is 1. The van der Waals surface area contributed by atoms with Gasteiger partial charge in [0.1, 0.15) is 10.9 Å². The van der Waals surface area contributed by atoms with Gasteiger partial charge in [-0.25, -0.2) is 28.3 Å². The van der Waals surface area contributed by atoms with Crippen molar-refractivity contribution in [2.24, 2.45) is 5.14 Å². The second kappa shape index (κ2) is 8.27. The summed E-state index contributed by atoms with van der Waals surface area (Å²) in [6.07, 6.45) is 3.03. The van der Waals surface area contributed by atoms with Gasteiger partial charge in [-0.05, 0) is 25.1 Å². The summed E-state index contributed by atoms with van der Waals surface area (Å²) in [5.74, 6) is 0.200. The molecule has 3 heterocycles. The maximum Gasteiger partial charge on any atom is 0.321 e. The minimum atomic E-state index is -3.75. The summed E-state index contributed by atoms with van der Waals surface area (Å²) in [6, 6.07) is 4.65. The number of pyridine rings is 1. The fourth-order valence-corrected chi connectivity index (χ4v) is 4.22. The van der Waals surface area contributed by atoms with Gasteiger partial charge in [0, 0.05) is 17.3 Å². The van der Waals surface area contributed by atoms with Crippen molar-refractivity contribution in [1.29, 1.82) is 0 Å². The minimum Gasteiger partial charge on any atom is -0.467 e. The van der Waals surface area contributed by atoms with Crippen molar-refractivity contribution in [2.45, 2.75) is 19.2 Å². The van der Waals surface area contributed by atoms with E-state index in [0.29, 0.717) is 27.7 Å². The fraction of sp³-hybridized carbons (Fsp3) is 0.188. The van der Waals surface area contributed by atoms with Crippen LogP contribution in [0, 0.1) is 6.92 Å². The number of carbonyl (C=O) groups is 1. The number of amides is 2. The molecule has 0 atom stereocenters. The Morgan fingerprint density at radius 2 is 2.21 bits per heavy atom. The molecule has 9 nitrogen and oxygen atoms in total. The number of hydrogen-bond donors (Lipinski definition) is 3. The van der Waals surface area contributed by atoms with Crippen LogP contribution in [0.3, 0.4) is 0 Å². The topological polar surface area (TPSA) is 140 Å². The molecule has 0 aliphatic carbocycles. The molecule has 0 radical (unpaired) electrons. The predicted octanol–water partition coefficient (Wildman–Crippen LogP) is 2.87. The largest absolute Gasteiger partial charge is 0.467 e. The average molecular weight is 442 g/mol. The van der Waals surface area contributed by atoms with E-state index in [4.69, 9.17) is 21.2 Å². The maximum atomic E-state index is 12.0. The molecule has 0 aliphatic rings. The highest BCUT2D eigenvalue weighted by Gasteiger charge is 2.16. The van der Waals surface area contributed by atoms with Gasteiger partial charge in [0.25, 0.3) is 0 Å². The standard InChI is InChI=1S/C16H16ClN5O4S2/c1-9-13(10-5-11(8-28(18,24)25)14(17)19-6-10)27-16(21-9)22-15(23)20-7-12-3-2-4-26-12/h2-6H,7-8H2,1H3,(H2,18,24,25)(H2,20,21,22,23). The first-order chi connectivity index (χ1) is 13.2. The van der Waals surface area contributed by atoms with Crippen molar-refractivity contribution >= 4 is 44.1 Å². The van der Waals surface area contributed by atoms with Crippen molar-refractivity contribution in [3.8, 4) is 10.4 Å². The number of rotatable bonds is 6. The Kier molecular flexibility index (Phi) is 5.98. The minimum absolute atomic E-state index is 0.0654. The van der Waals surface area contributed by atoms with Gasteiger partial charge in [-0.3, -0.25) is 5.32 Å². The molecule has 0 unspecified atom stereocenters. The molecule has 2 amide bonds. The molecule has 4 N–H and O–H groups in total. The van der Waals surface area contributed by atoms with Crippen LogP contribution in [0.4, 0.5) is 9.93 Å². The fourth-order valence-electron chi connectivity index (χ4n) is 2.38. The van der Waals surface area contributed by atoms with E-state index in [1.807, 2.05) is 0 Å². The van der Waals surface area contributed by atoms with Gasteiger partial charge in [0.2, 0.25) is 10.0 Å². The van der Waals surface area contributed by atoms with Crippen LogP contribution in [0.15, 0.2) is 35.1 Å². The molecule has 28 heavy (non-hydrogen) atoms. The molecule has 0 aliphatic heterocycles. The molecule has 0 spiro atoms. The Bertz CT molecular complexity index is 1100. The molecule has 0 saturated carbocycles. The Labute approximate surface area is 170 Å². The van der Waals surface area contributed by atoms with E-state index < -0.39 is 21.8 Å². The van der Waals surface area contributed by atoms with Crippen molar-refractivity contribution in [1.82, 2.24) is 15.3 Å². The molecule has 3 rings (SSSR count). The van der Waals surface area contributed by atoms with Gasteiger partial charge in [-0.1, -0.05) is 22.9 Å². The second-order valence-electron chi connectivity index (χ2n) is 5.80. The Hall–Kier alpha value is -2.47. The highest BCUT2D eigenvalue weighted by Crippen LogP contribution is 2.34. The normalized spacial score (nSPS) is 11.4. The number of halogens is 1.